The van der Waals surface area contributed by atoms with Crippen molar-refractivity contribution in [1.29, 1.82) is 0 Å². The summed E-state index contributed by atoms with van der Waals surface area (Å²) in [6.45, 7) is 0. The van der Waals surface area contributed by atoms with Gasteiger partial charge in [0.1, 0.15) is 11.9 Å². The second-order valence-corrected chi connectivity index (χ2v) is 4.10. The first-order valence-electron chi connectivity index (χ1n) is 4.47. The lowest BCUT2D eigenvalue weighted by atomic mass is 10.0. The van der Waals surface area contributed by atoms with E-state index in [2.05, 4.69) is 15.9 Å². The summed E-state index contributed by atoms with van der Waals surface area (Å²) < 4.78 is 19.2. The highest BCUT2D eigenvalue weighted by atomic mass is 79.9. The number of rotatable bonds is 1. The number of carbonyl (C=O) groups excluding carboxylic acids is 1. The van der Waals surface area contributed by atoms with Crippen LogP contribution in [0.3, 0.4) is 0 Å². The van der Waals surface area contributed by atoms with Gasteiger partial charge in [-0.2, -0.15) is 0 Å². The van der Waals surface area contributed by atoms with Crippen LogP contribution in [-0.2, 0) is 9.53 Å². The predicted octanol–water partition coefficient (Wildman–Crippen LogP) is 3.13. The molecule has 0 spiro atoms. The Morgan fingerprint density at radius 1 is 1.47 bits per heavy atom. The Kier molecular flexibility index (Phi) is 2.86. The third-order valence-electron chi connectivity index (χ3n) is 2.21. The Morgan fingerprint density at radius 3 is 3.00 bits per heavy atom. The molecule has 0 saturated heterocycles. The number of halogens is 2. The summed E-state index contributed by atoms with van der Waals surface area (Å²) >= 11 is 3.09. The molecule has 4 heteroatoms. The molecule has 0 bridgehead atoms. The fourth-order valence-electron chi connectivity index (χ4n) is 1.46. The molecule has 15 heavy (non-hydrogen) atoms. The molecule has 1 aromatic carbocycles. The van der Waals surface area contributed by atoms with Crippen LogP contribution in [0, 0.1) is 5.82 Å². The van der Waals surface area contributed by atoms with Crippen LogP contribution in [-0.4, -0.2) is 5.78 Å². The Morgan fingerprint density at radius 2 is 2.27 bits per heavy atom. The van der Waals surface area contributed by atoms with Crippen molar-refractivity contribution in [1.82, 2.24) is 0 Å². The van der Waals surface area contributed by atoms with Crippen molar-refractivity contribution in [3.63, 3.8) is 0 Å². The Hall–Kier alpha value is -1.16. The maximum atomic E-state index is 13.7. The van der Waals surface area contributed by atoms with Gasteiger partial charge in [-0.1, -0.05) is 12.1 Å². The lowest BCUT2D eigenvalue weighted by Crippen LogP contribution is -2.12. The SMILES string of the molecule is O=C1C=COC(c2cccc(Br)c2F)C1. The minimum Gasteiger partial charge on any atom is -0.493 e. The summed E-state index contributed by atoms with van der Waals surface area (Å²) in [5.74, 6) is -0.420. The maximum absolute atomic E-state index is 13.7. The van der Waals surface area contributed by atoms with Gasteiger partial charge in [0.05, 0.1) is 17.2 Å². The van der Waals surface area contributed by atoms with Crippen LogP contribution in [0.25, 0.3) is 0 Å². The first-order valence-corrected chi connectivity index (χ1v) is 5.26. The van der Waals surface area contributed by atoms with Crippen molar-refractivity contribution in [2.75, 3.05) is 0 Å². The van der Waals surface area contributed by atoms with Crippen molar-refractivity contribution in [2.45, 2.75) is 12.5 Å². The van der Waals surface area contributed by atoms with E-state index >= 15 is 0 Å². The molecule has 78 valence electrons. The predicted molar refractivity (Wildman–Crippen MR) is 56.7 cm³/mol. The van der Waals surface area contributed by atoms with Gasteiger partial charge in [0.2, 0.25) is 0 Å². The molecule has 0 N–H and O–H groups in total. The number of ketones is 1. The topological polar surface area (TPSA) is 26.3 Å². The normalized spacial score (nSPS) is 20.1. The molecule has 0 amide bonds. The van der Waals surface area contributed by atoms with E-state index in [4.69, 9.17) is 4.74 Å². The van der Waals surface area contributed by atoms with E-state index in [1.54, 1.807) is 18.2 Å². The zero-order valence-electron chi connectivity index (χ0n) is 7.74. The number of hydrogen-bond donors (Lipinski definition) is 0. The molecule has 0 fully saturated rings. The second kappa shape index (κ2) is 4.14. The number of ether oxygens (including phenoxy) is 1. The average molecular weight is 271 g/mol. The summed E-state index contributed by atoms with van der Waals surface area (Å²) in [7, 11) is 0. The van der Waals surface area contributed by atoms with Crippen LogP contribution >= 0.6 is 15.9 Å². The van der Waals surface area contributed by atoms with E-state index in [9.17, 15) is 9.18 Å². The van der Waals surface area contributed by atoms with Gasteiger partial charge in [0.25, 0.3) is 0 Å². The van der Waals surface area contributed by atoms with Gasteiger partial charge < -0.3 is 4.74 Å². The third kappa shape index (κ3) is 2.09. The van der Waals surface area contributed by atoms with Crippen LogP contribution in [0.1, 0.15) is 18.1 Å². The van der Waals surface area contributed by atoms with Gasteiger partial charge in [0, 0.05) is 11.6 Å². The van der Waals surface area contributed by atoms with E-state index < -0.39 is 6.10 Å². The Labute approximate surface area is 94.9 Å². The zero-order chi connectivity index (χ0) is 10.8. The largest absolute Gasteiger partial charge is 0.493 e. The van der Waals surface area contributed by atoms with Crippen molar-refractivity contribution in [2.24, 2.45) is 0 Å². The average Bonchev–Trinajstić information content (AvgIpc) is 2.22. The van der Waals surface area contributed by atoms with Crippen LogP contribution in [0.2, 0.25) is 0 Å². The summed E-state index contributed by atoms with van der Waals surface area (Å²) in [5, 5.41) is 0. The number of allylic oxidation sites excluding steroid dienone is 1. The maximum Gasteiger partial charge on any atom is 0.162 e. The fourth-order valence-corrected chi connectivity index (χ4v) is 1.84. The molecule has 1 aliphatic heterocycles. The smallest absolute Gasteiger partial charge is 0.162 e. The molecule has 1 aliphatic rings. The third-order valence-corrected chi connectivity index (χ3v) is 2.82. The lowest BCUT2D eigenvalue weighted by molar-refractivity contribution is -0.118. The molecule has 2 nitrogen and oxygen atoms in total. The first-order chi connectivity index (χ1) is 7.18. The molecule has 0 saturated carbocycles. The monoisotopic (exact) mass is 270 g/mol. The second-order valence-electron chi connectivity index (χ2n) is 3.24. The van der Waals surface area contributed by atoms with Crippen LogP contribution < -0.4 is 0 Å². The molecule has 0 aromatic heterocycles. The van der Waals surface area contributed by atoms with E-state index in [-0.39, 0.29) is 18.0 Å². The molecule has 1 unspecified atom stereocenters. The molecular weight excluding hydrogens is 263 g/mol. The fraction of sp³-hybridized carbons (Fsp3) is 0.182. The minimum absolute atomic E-state index is 0.0503. The zero-order valence-corrected chi connectivity index (χ0v) is 9.33. The number of benzene rings is 1. The van der Waals surface area contributed by atoms with Crippen molar-refractivity contribution >= 4 is 21.7 Å². The molecule has 0 aliphatic carbocycles. The van der Waals surface area contributed by atoms with E-state index in [1.165, 1.54) is 12.3 Å². The summed E-state index contributed by atoms with van der Waals surface area (Å²) in [4.78, 5) is 11.1. The quantitative estimate of drug-likeness (QED) is 0.784. The highest BCUT2D eigenvalue weighted by Gasteiger charge is 2.22. The molecule has 1 aromatic rings. The van der Waals surface area contributed by atoms with Crippen molar-refractivity contribution in [3.8, 4) is 0 Å². The highest BCUT2D eigenvalue weighted by Crippen LogP contribution is 2.30. The summed E-state index contributed by atoms with van der Waals surface area (Å²) in [6.07, 6.45) is 2.34. The van der Waals surface area contributed by atoms with Gasteiger partial charge in [-0.05, 0) is 22.0 Å². The van der Waals surface area contributed by atoms with Crippen molar-refractivity contribution in [3.05, 3.63) is 46.4 Å². The molecule has 1 atom stereocenters. The molecule has 0 radical (unpaired) electrons. The van der Waals surface area contributed by atoms with Gasteiger partial charge >= 0.3 is 0 Å². The number of hydrogen-bond acceptors (Lipinski definition) is 2. The molecular formula is C11H8BrFO2. The first kappa shape index (κ1) is 10.4. The van der Waals surface area contributed by atoms with E-state index in [1.807, 2.05) is 0 Å². The molecule has 1 heterocycles. The highest BCUT2D eigenvalue weighted by molar-refractivity contribution is 9.10. The van der Waals surface area contributed by atoms with E-state index in [0.717, 1.165) is 0 Å². The standard InChI is InChI=1S/C11H8BrFO2/c12-9-3-1-2-8(11(9)13)10-6-7(14)4-5-15-10/h1-5,10H,6H2. The van der Waals surface area contributed by atoms with Gasteiger partial charge in [-0.3, -0.25) is 4.79 Å². The minimum atomic E-state index is -0.514. The van der Waals surface area contributed by atoms with Crippen LogP contribution in [0.4, 0.5) is 4.39 Å². The number of carbonyl (C=O) groups is 1. The summed E-state index contributed by atoms with van der Waals surface area (Å²) in [5.41, 5.74) is 0.405. The van der Waals surface area contributed by atoms with Gasteiger partial charge in [-0.15, -0.1) is 0 Å². The molecule has 2 rings (SSSR count). The Bertz CT molecular complexity index is 429. The van der Waals surface area contributed by atoms with Gasteiger partial charge in [0.15, 0.2) is 5.78 Å². The summed E-state index contributed by atoms with van der Waals surface area (Å²) in [6, 6.07) is 4.95. The van der Waals surface area contributed by atoms with Gasteiger partial charge in [-0.25, -0.2) is 4.39 Å². The van der Waals surface area contributed by atoms with Crippen molar-refractivity contribution < 1.29 is 13.9 Å². The lowest BCUT2D eigenvalue weighted by Gasteiger charge is -2.19. The Balaban J connectivity index is 2.34. The van der Waals surface area contributed by atoms with E-state index in [0.29, 0.717) is 10.0 Å². The van der Waals surface area contributed by atoms with Crippen LogP contribution in [0.5, 0.6) is 0 Å². The van der Waals surface area contributed by atoms with Crippen LogP contribution in [0.15, 0.2) is 35.0 Å².